The van der Waals surface area contributed by atoms with E-state index in [0.717, 1.165) is 0 Å². The zero-order valence-electron chi connectivity index (χ0n) is 8.14. The Bertz CT molecular complexity index is 506. The van der Waals surface area contributed by atoms with Gasteiger partial charge in [-0.2, -0.15) is 0 Å². The molecular weight excluding hydrogens is 196 g/mol. The van der Waals surface area contributed by atoms with Crippen molar-refractivity contribution in [3.05, 3.63) is 24.0 Å². The van der Waals surface area contributed by atoms with Crippen molar-refractivity contribution in [1.29, 1.82) is 0 Å². The maximum absolute atomic E-state index is 10.5. The van der Waals surface area contributed by atoms with Gasteiger partial charge in [0.1, 0.15) is 5.82 Å². The number of carbonyl (C=O) groups is 1. The summed E-state index contributed by atoms with van der Waals surface area (Å²) in [4.78, 5) is 14.6. The molecule has 2 aromatic heterocycles. The zero-order chi connectivity index (χ0) is 10.8. The first-order valence-corrected chi connectivity index (χ1v) is 4.44. The van der Waals surface area contributed by atoms with Crippen LogP contribution >= 0.6 is 0 Å². The van der Waals surface area contributed by atoms with E-state index in [-0.39, 0.29) is 6.42 Å². The van der Waals surface area contributed by atoms with Crippen LogP contribution in [0.3, 0.4) is 0 Å². The molecule has 2 heterocycles. The van der Waals surface area contributed by atoms with Gasteiger partial charge in [0.2, 0.25) is 0 Å². The van der Waals surface area contributed by atoms with Crippen LogP contribution in [0.4, 0.5) is 5.82 Å². The van der Waals surface area contributed by atoms with Crippen molar-refractivity contribution >= 4 is 17.4 Å². The van der Waals surface area contributed by atoms with E-state index in [2.05, 4.69) is 15.4 Å². The van der Waals surface area contributed by atoms with Gasteiger partial charge in [-0.1, -0.05) is 0 Å². The second-order valence-corrected chi connectivity index (χ2v) is 3.07. The predicted molar refractivity (Wildman–Crippen MR) is 53.9 cm³/mol. The topological polar surface area (TPSA) is 79.5 Å². The van der Waals surface area contributed by atoms with Crippen LogP contribution in [-0.4, -0.2) is 32.7 Å². The summed E-state index contributed by atoms with van der Waals surface area (Å²) in [6.07, 6.45) is 1.53. The molecule has 0 amide bonds. The zero-order valence-corrected chi connectivity index (χ0v) is 8.14. The molecule has 0 fully saturated rings. The van der Waals surface area contributed by atoms with Gasteiger partial charge in [-0.3, -0.25) is 4.79 Å². The van der Waals surface area contributed by atoms with Crippen molar-refractivity contribution in [2.75, 3.05) is 12.4 Å². The fourth-order valence-electron chi connectivity index (χ4n) is 1.30. The highest BCUT2D eigenvalue weighted by Crippen LogP contribution is 2.07. The average molecular weight is 206 g/mol. The third-order valence-corrected chi connectivity index (χ3v) is 1.96. The molecule has 0 aliphatic heterocycles. The summed E-state index contributed by atoms with van der Waals surface area (Å²) in [5.74, 6) is -0.186. The molecule has 0 aliphatic carbocycles. The van der Waals surface area contributed by atoms with E-state index in [1.54, 1.807) is 29.9 Å². The monoisotopic (exact) mass is 206 g/mol. The summed E-state index contributed by atoms with van der Waals surface area (Å²) in [7, 11) is 1.77. The number of nitrogens with one attached hydrogen (secondary N) is 1. The van der Waals surface area contributed by atoms with E-state index in [0.29, 0.717) is 17.2 Å². The van der Waals surface area contributed by atoms with Crippen LogP contribution in [0.5, 0.6) is 0 Å². The van der Waals surface area contributed by atoms with E-state index in [1.165, 1.54) is 0 Å². The number of carboxylic acids is 1. The first kappa shape index (κ1) is 9.45. The summed E-state index contributed by atoms with van der Waals surface area (Å²) < 4.78 is 1.56. The Kier molecular flexibility index (Phi) is 2.24. The quantitative estimate of drug-likeness (QED) is 0.759. The van der Waals surface area contributed by atoms with Crippen molar-refractivity contribution in [3.63, 3.8) is 0 Å². The Morgan fingerprint density at radius 3 is 3.07 bits per heavy atom. The fourth-order valence-corrected chi connectivity index (χ4v) is 1.30. The molecule has 0 unspecified atom stereocenters. The number of anilines is 1. The lowest BCUT2D eigenvalue weighted by atomic mass is 10.3. The highest BCUT2D eigenvalue weighted by Gasteiger charge is 2.06. The Labute approximate surface area is 85.6 Å². The third-order valence-electron chi connectivity index (χ3n) is 1.96. The molecule has 0 spiro atoms. The number of nitrogens with zero attached hydrogens (tertiary/aromatic N) is 3. The minimum absolute atomic E-state index is 0.0851. The van der Waals surface area contributed by atoms with Gasteiger partial charge in [0.05, 0.1) is 18.3 Å². The second-order valence-electron chi connectivity index (χ2n) is 3.07. The van der Waals surface area contributed by atoms with Crippen molar-refractivity contribution in [3.8, 4) is 0 Å². The number of imidazole rings is 1. The van der Waals surface area contributed by atoms with Crippen molar-refractivity contribution in [2.45, 2.75) is 6.42 Å². The summed E-state index contributed by atoms with van der Waals surface area (Å²) in [6.45, 7) is 0. The molecule has 2 rings (SSSR count). The second kappa shape index (κ2) is 3.56. The van der Waals surface area contributed by atoms with E-state index < -0.39 is 5.97 Å². The molecule has 78 valence electrons. The minimum atomic E-state index is -0.896. The fraction of sp³-hybridized carbons (Fsp3) is 0.222. The Morgan fingerprint density at radius 2 is 2.40 bits per heavy atom. The molecule has 2 N–H and O–H groups in total. The van der Waals surface area contributed by atoms with E-state index >= 15 is 0 Å². The van der Waals surface area contributed by atoms with Crippen molar-refractivity contribution in [2.24, 2.45) is 0 Å². The standard InChI is InChI=1S/C9H10N4O2/c1-10-7-2-3-8-11-6(4-9(14)15)5-13(8)12-7/h2-3,5H,4H2,1H3,(H,10,12)(H,14,15). The highest BCUT2D eigenvalue weighted by atomic mass is 16.4. The molecular formula is C9H10N4O2. The molecule has 15 heavy (non-hydrogen) atoms. The summed E-state index contributed by atoms with van der Waals surface area (Å²) in [6, 6.07) is 3.57. The van der Waals surface area contributed by atoms with Gasteiger partial charge < -0.3 is 10.4 Å². The molecule has 0 aromatic carbocycles. The van der Waals surface area contributed by atoms with Gasteiger partial charge in [-0.25, -0.2) is 9.50 Å². The smallest absolute Gasteiger partial charge is 0.309 e. The third kappa shape index (κ3) is 1.88. The first-order valence-electron chi connectivity index (χ1n) is 4.44. The number of hydrogen-bond acceptors (Lipinski definition) is 4. The number of carboxylic acid groups (broad SMARTS) is 1. The van der Waals surface area contributed by atoms with Gasteiger partial charge in [-0.15, -0.1) is 5.10 Å². The molecule has 0 saturated carbocycles. The van der Waals surface area contributed by atoms with E-state index in [4.69, 9.17) is 5.11 Å². The summed E-state index contributed by atoms with van der Waals surface area (Å²) >= 11 is 0. The largest absolute Gasteiger partial charge is 0.481 e. The van der Waals surface area contributed by atoms with Crippen LogP contribution in [0.25, 0.3) is 5.65 Å². The number of aliphatic carboxylic acids is 1. The Balaban J connectivity index is 2.42. The molecule has 0 aliphatic rings. The molecule has 0 radical (unpaired) electrons. The summed E-state index contributed by atoms with van der Waals surface area (Å²) in [5, 5.41) is 15.7. The predicted octanol–water partition coefficient (Wildman–Crippen LogP) is 0.398. The molecule has 6 heteroatoms. The van der Waals surface area contributed by atoms with Gasteiger partial charge in [0.15, 0.2) is 5.65 Å². The van der Waals surface area contributed by atoms with Crippen LogP contribution in [0, 0.1) is 0 Å². The van der Waals surface area contributed by atoms with Crippen LogP contribution in [0.15, 0.2) is 18.3 Å². The molecule has 0 saturated heterocycles. The lowest BCUT2D eigenvalue weighted by Crippen LogP contribution is -1.99. The SMILES string of the molecule is CNc1ccc2nc(CC(=O)O)cn2n1. The molecule has 0 bridgehead atoms. The van der Waals surface area contributed by atoms with Crippen LogP contribution in [-0.2, 0) is 11.2 Å². The van der Waals surface area contributed by atoms with Crippen molar-refractivity contribution in [1.82, 2.24) is 14.6 Å². The number of aromatic nitrogens is 3. The van der Waals surface area contributed by atoms with Gasteiger partial charge in [-0.05, 0) is 12.1 Å². The van der Waals surface area contributed by atoms with Gasteiger partial charge in [0, 0.05) is 7.05 Å². The van der Waals surface area contributed by atoms with Crippen LogP contribution in [0.2, 0.25) is 0 Å². The van der Waals surface area contributed by atoms with E-state index in [1.807, 2.05) is 0 Å². The molecule has 0 atom stereocenters. The first-order chi connectivity index (χ1) is 7.19. The average Bonchev–Trinajstić information content (AvgIpc) is 2.57. The number of fused-ring (bicyclic) bond motifs is 1. The minimum Gasteiger partial charge on any atom is -0.481 e. The normalized spacial score (nSPS) is 10.5. The molecule has 2 aromatic rings. The van der Waals surface area contributed by atoms with E-state index in [9.17, 15) is 4.79 Å². The molecule has 6 nitrogen and oxygen atoms in total. The number of rotatable bonds is 3. The Morgan fingerprint density at radius 1 is 1.60 bits per heavy atom. The van der Waals surface area contributed by atoms with Crippen LogP contribution < -0.4 is 5.32 Å². The lowest BCUT2D eigenvalue weighted by Gasteiger charge is -1.97. The maximum atomic E-state index is 10.5. The maximum Gasteiger partial charge on any atom is 0.309 e. The van der Waals surface area contributed by atoms with Gasteiger partial charge >= 0.3 is 5.97 Å². The number of hydrogen-bond donors (Lipinski definition) is 2. The van der Waals surface area contributed by atoms with Crippen LogP contribution in [0.1, 0.15) is 5.69 Å². The van der Waals surface area contributed by atoms with Crippen molar-refractivity contribution < 1.29 is 9.90 Å². The highest BCUT2D eigenvalue weighted by molar-refractivity contribution is 5.69. The summed E-state index contributed by atoms with van der Waals surface area (Å²) in [5.41, 5.74) is 1.15. The lowest BCUT2D eigenvalue weighted by molar-refractivity contribution is -0.136. The Hall–Kier alpha value is -2.11. The van der Waals surface area contributed by atoms with Gasteiger partial charge in [0.25, 0.3) is 0 Å².